The number of rotatable bonds is 1. The highest BCUT2D eigenvalue weighted by molar-refractivity contribution is 6.28. The highest BCUT2D eigenvalue weighted by Crippen LogP contribution is 2.22. The number of hydrogen-bond donors (Lipinski definition) is 0. The van der Waals surface area contributed by atoms with Crippen LogP contribution in [0.4, 0.5) is 5.69 Å². The van der Waals surface area contributed by atoms with E-state index in [9.17, 15) is 9.59 Å². The molecule has 0 saturated carbocycles. The summed E-state index contributed by atoms with van der Waals surface area (Å²) in [5.41, 5.74) is 1.22. The lowest BCUT2D eigenvalue weighted by molar-refractivity contribution is -0.119. The van der Waals surface area contributed by atoms with Gasteiger partial charge in [0.25, 0.3) is 11.8 Å². The predicted molar refractivity (Wildman–Crippen MR) is 60.6 cm³/mol. The molecule has 1 aliphatic rings. The molecule has 0 atom stereocenters. The number of carbonyl (C=O) groups is 2. The molecule has 3 heteroatoms. The van der Waals surface area contributed by atoms with Gasteiger partial charge in [0, 0.05) is 17.7 Å². The van der Waals surface area contributed by atoms with Gasteiger partial charge in [-0.25, -0.2) is 4.90 Å². The average Bonchev–Trinajstić information content (AvgIpc) is 2.60. The number of nitrogens with zero attached hydrogens (tertiary/aromatic N) is 1. The van der Waals surface area contributed by atoms with Crippen molar-refractivity contribution < 1.29 is 9.59 Å². The first-order valence-corrected chi connectivity index (χ1v) is 4.82. The first-order chi connectivity index (χ1) is 7.74. The van der Waals surface area contributed by atoms with Crippen molar-refractivity contribution in [2.45, 2.75) is 6.92 Å². The zero-order valence-corrected chi connectivity index (χ0v) is 8.73. The lowest BCUT2D eigenvalue weighted by atomic mass is 10.1. The summed E-state index contributed by atoms with van der Waals surface area (Å²) in [6.07, 6.45) is 2.52. The number of benzene rings is 1. The second kappa shape index (κ2) is 4.03. The van der Waals surface area contributed by atoms with Crippen LogP contribution in [0.25, 0.3) is 0 Å². The molecule has 1 heterocycles. The number of para-hydroxylation sites is 1. The minimum Gasteiger partial charge on any atom is -0.269 e. The van der Waals surface area contributed by atoms with E-state index in [1.807, 2.05) is 6.07 Å². The normalized spacial score (nSPS) is 13.9. The van der Waals surface area contributed by atoms with Gasteiger partial charge >= 0.3 is 0 Å². The third-order valence-corrected chi connectivity index (χ3v) is 2.21. The SMILES string of the molecule is CC#Cc1ccccc1N1C(=O)C=CC1=O. The van der Waals surface area contributed by atoms with Crippen LogP contribution in [0.5, 0.6) is 0 Å². The molecule has 0 aromatic heterocycles. The van der Waals surface area contributed by atoms with Crippen molar-refractivity contribution in [3.63, 3.8) is 0 Å². The Balaban J connectivity index is 2.51. The lowest BCUT2D eigenvalue weighted by Crippen LogP contribution is -2.30. The largest absolute Gasteiger partial charge is 0.269 e. The fourth-order valence-corrected chi connectivity index (χ4v) is 1.55. The molecule has 1 aliphatic heterocycles. The molecule has 0 aliphatic carbocycles. The van der Waals surface area contributed by atoms with E-state index in [4.69, 9.17) is 0 Å². The topological polar surface area (TPSA) is 37.4 Å². The van der Waals surface area contributed by atoms with Gasteiger partial charge in [0.2, 0.25) is 0 Å². The Morgan fingerprint density at radius 2 is 1.69 bits per heavy atom. The van der Waals surface area contributed by atoms with Gasteiger partial charge in [-0.3, -0.25) is 9.59 Å². The highest BCUT2D eigenvalue weighted by Gasteiger charge is 2.26. The van der Waals surface area contributed by atoms with Gasteiger partial charge in [-0.05, 0) is 19.1 Å². The Hall–Kier alpha value is -2.34. The standard InChI is InChI=1S/C13H9NO2/c1-2-5-10-6-3-4-7-11(10)14-12(15)8-9-13(14)16/h3-4,6-9H,1H3. The Kier molecular flexibility index (Phi) is 2.57. The Morgan fingerprint density at radius 1 is 1.06 bits per heavy atom. The fraction of sp³-hybridized carbons (Fsp3) is 0.0769. The van der Waals surface area contributed by atoms with Gasteiger partial charge in [0.1, 0.15) is 0 Å². The Bertz CT molecular complexity index is 529. The van der Waals surface area contributed by atoms with E-state index >= 15 is 0 Å². The van der Waals surface area contributed by atoms with E-state index in [-0.39, 0.29) is 11.8 Å². The van der Waals surface area contributed by atoms with Crippen LogP contribution in [0.1, 0.15) is 12.5 Å². The molecule has 0 bridgehead atoms. The van der Waals surface area contributed by atoms with Crippen molar-refractivity contribution in [3.8, 4) is 11.8 Å². The van der Waals surface area contributed by atoms with Gasteiger partial charge in [0.05, 0.1) is 5.69 Å². The second-order valence-electron chi connectivity index (χ2n) is 3.24. The first kappa shape index (κ1) is 10.2. The Labute approximate surface area is 93.4 Å². The minimum atomic E-state index is -0.324. The number of anilines is 1. The van der Waals surface area contributed by atoms with Crippen molar-refractivity contribution in [2.75, 3.05) is 4.90 Å². The molecule has 0 radical (unpaired) electrons. The molecule has 2 rings (SSSR count). The number of imide groups is 1. The van der Waals surface area contributed by atoms with E-state index in [0.29, 0.717) is 11.3 Å². The van der Waals surface area contributed by atoms with Gasteiger partial charge in [-0.15, -0.1) is 5.92 Å². The quantitative estimate of drug-likeness (QED) is 0.521. The molecule has 0 spiro atoms. The molecule has 0 N–H and O–H groups in total. The molecular formula is C13H9NO2. The molecule has 0 unspecified atom stereocenters. The summed E-state index contributed by atoms with van der Waals surface area (Å²) in [6, 6.07) is 7.09. The van der Waals surface area contributed by atoms with Crippen LogP contribution in [-0.2, 0) is 9.59 Å². The maximum atomic E-state index is 11.5. The molecule has 0 fully saturated rings. The minimum absolute atomic E-state index is 0.324. The summed E-state index contributed by atoms with van der Waals surface area (Å²) in [7, 11) is 0. The van der Waals surface area contributed by atoms with Crippen LogP contribution < -0.4 is 4.90 Å². The second-order valence-corrected chi connectivity index (χ2v) is 3.24. The zero-order valence-electron chi connectivity index (χ0n) is 8.73. The Morgan fingerprint density at radius 3 is 2.31 bits per heavy atom. The van der Waals surface area contributed by atoms with Gasteiger partial charge < -0.3 is 0 Å². The molecule has 1 aromatic carbocycles. The molecule has 0 saturated heterocycles. The van der Waals surface area contributed by atoms with Crippen LogP contribution in [0.15, 0.2) is 36.4 Å². The van der Waals surface area contributed by atoms with Crippen molar-refractivity contribution in [2.24, 2.45) is 0 Å². The summed E-state index contributed by atoms with van der Waals surface area (Å²) < 4.78 is 0. The third kappa shape index (κ3) is 1.61. The smallest absolute Gasteiger partial charge is 0.258 e. The molecule has 16 heavy (non-hydrogen) atoms. The summed E-state index contributed by atoms with van der Waals surface area (Å²) in [6.45, 7) is 1.71. The van der Waals surface area contributed by atoms with Crippen LogP contribution in [-0.4, -0.2) is 11.8 Å². The van der Waals surface area contributed by atoms with Crippen molar-refractivity contribution in [3.05, 3.63) is 42.0 Å². The zero-order chi connectivity index (χ0) is 11.5. The summed E-state index contributed by atoms with van der Waals surface area (Å²) in [5, 5.41) is 0. The van der Waals surface area contributed by atoms with Gasteiger partial charge in [0.15, 0.2) is 0 Å². The van der Waals surface area contributed by atoms with Gasteiger partial charge in [-0.2, -0.15) is 0 Å². The average molecular weight is 211 g/mol. The maximum Gasteiger partial charge on any atom is 0.258 e. The number of hydrogen-bond acceptors (Lipinski definition) is 2. The van der Waals surface area contributed by atoms with E-state index in [1.54, 1.807) is 25.1 Å². The highest BCUT2D eigenvalue weighted by atomic mass is 16.2. The van der Waals surface area contributed by atoms with E-state index < -0.39 is 0 Å². The van der Waals surface area contributed by atoms with Crippen molar-refractivity contribution in [1.82, 2.24) is 0 Å². The summed E-state index contributed by atoms with van der Waals surface area (Å²) >= 11 is 0. The molecule has 1 aromatic rings. The fourth-order valence-electron chi connectivity index (χ4n) is 1.55. The number of amides is 2. The van der Waals surface area contributed by atoms with E-state index in [1.165, 1.54) is 12.2 Å². The van der Waals surface area contributed by atoms with E-state index in [2.05, 4.69) is 11.8 Å². The van der Waals surface area contributed by atoms with E-state index in [0.717, 1.165) is 4.90 Å². The van der Waals surface area contributed by atoms with Crippen molar-refractivity contribution >= 4 is 17.5 Å². The summed E-state index contributed by atoms with van der Waals surface area (Å²) in [4.78, 5) is 24.1. The predicted octanol–water partition coefficient (Wildman–Crippen LogP) is 1.49. The molecule has 2 amide bonds. The number of carbonyl (C=O) groups excluding carboxylic acids is 2. The summed E-state index contributed by atoms with van der Waals surface area (Å²) in [5.74, 6) is 4.98. The molecular weight excluding hydrogens is 202 g/mol. The van der Waals surface area contributed by atoms with Crippen LogP contribution in [0.3, 0.4) is 0 Å². The maximum absolute atomic E-state index is 11.5. The van der Waals surface area contributed by atoms with Gasteiger partial charge in [-0.1, -0.05) is 18.1 Å². The lowest BCUT2D eigenvalue weighted by Gasteiger charge is -2.15. The van der Waals surface area contributed by atoms with Crippen LogP contribution >= 0.6 is 0 Å². The molecule has 3 nitrogen and oxygen atoms in total. The third-order valence-electron chi connectivity index (χ3n) is 2.21. The van der Waals surface area contributed by atoms with Crippen molar-refractivity contribution in [1.29, 1.82) is 0 Å². The molecule has 78 valence electrons. The first-order valence-electron chi connectivity index (χ1n) is 4.82. The monoisotopic (exact) mass is 211 g/mol. The van der Waals surface area contributed by atoms with Crippen LogP contribution in [0.2, 0.25) is 0 Å². The van der Waals surface area contributed by atoms with Crippen LogP contribution in [0, 0.1) is 11.8 Å².